The summed E-state index contributed by atoms with van der Waals surface area (Å²) in [6, 6.07) is -0.273. The van der Waals surface area contributed by atoms with E-state index in [1.807, 2.05) is 0 Å². The first kappa shape index (κ1) is 17.4. The molecule has 0 radical (unpaired) electrons. The van der Waals surface area contributed by atoms with Crippen LogP contribution in [0.25, 0.3) is 0 Å². The fourth-order valence-electron chi connectivity index (χ4n) is 1.97. The van der Waals surface area contributed by atoms with Gasteiger partial charge in [-0.15, -0.1) is 0 Å². The van der Waals surface area contributed by atoms with E-state index < -0.39 is 57.9 Å². The van der Waals surface area contributed by atoms with Gasteiger partial charge in [-0.25, -0.2) is 0 Å². The zero-order chi connectivity index (χ0) is 18.4. The number of Topliss-reactive ketones (excluding diaryl/α,β-unsaturated/α-hetero) is 2. The van der Waals surface area contributed by atoms with Crippen molar-refractivity contribution in [3.05, 3.63) is 28.8 Å². The molecule has 6 nitrogen and oxygen atoms in total. The number of hydrogen-bond acceptors (Lipinski definition) is 5. The minimum absolute atomic E-state index is 0.0773. The molecule has 0 bridgehead atoms. The summed E-state index contributed by atoms with van der Waals surface area (Å²) in [4.78, 5) is 35.0. The standard InChI is InChI=1S/C12H4F6N2O4/c13-11(14,15)3-1-4(12(16,17)18)6-5(2-3)19-10(23)7(20-24)9(22)8(6)21/h1-2,24H,(H,19,23)/b20-7+. The van der Waals surface area contributed by atoms with Crippen LogP contribution in [0.15, 0.2) is 17.3 Å². The Bertz CT molecular complexity index is 794. The van der Waals surface area contributed by atoms with Crippen molar-refractivity contribution in [2.45, 2.75) is 12.4 Å². The van der Waals surface area contributed by atoms with Crippen LogP contribution >= 0.6 is 0 Å². The number of fused-ring (bicyclic) bond motifs is 1. The molecule has 0 spiro atoms. The fraction of sp³-hybridized carbons (Fsp3) is 0.167. The highest BCUT2D eigenvalue weighted by atomic mass is 19.4. The van der Waals surface area contributed by atoms with Crippen molar-refractivity contribution in [3.63, 3.8) is 0 Å². The van der Waals surface area contributed by atoms with Gasteiger partial charge >= 0.3 is 12.4 Å². The molecule has 1 aromatic carbocycles. The highest BCUT2D eigenvalue weighted by Crippen LogP contribution is 2.41. The molecule has 0 saturated heterocycles. The molecule has 0 aliphatic carbocycles. The van der Waals surface area contributed by atoms with Gasteiger partial charge in [0.15, 0.2) is 0 Å². The van der Waals surface area contributed by atoms with Gasteiger partial charge in [0.05, 0.1) is 22.4 Å². The molecule has 1 heterocycles. The predicted octanol–water partition coefficient (Wildman–Crippen LogP) is 2.26. The van der Waals surface area contributed by atoms with Crippen molar-refractivity contribution < 1.29 is 45.9 Å². The molecular formula is C12H4F6N2O4. The second-order valence-electron chi connectivity index (χ2n) is 4.50. The van der Waals surface area contributed by atoms with Gasteiger partial charge in [-0.3, -0.25) is 14.4 Å². The molecule has 0 unspecified atom stereocenters. The molecule has 0 atom stereocenters. The minimum Gasteiger partial charge on any atom is -0.410 e. The van der Waals surface area contributed by atoms with E-state index in [2.05, 4.69) is 5.16 Å². The summed E-state index contributed by atoms with van der Waals surface area (Å²) >= 11 is 0. The van der Waals surface area contributed by atoms with Crippen molar-refractivity contribution in [1.29, 1.82) is 0 Å². The number of carbonyl (C=O) groups excluding carboxylic acids is 3. The molecule has 1 aromatic rings. The van der Waals surface area contributed by atoms with Crippen LogP contribution in [0, 0.1) is 0 Å². The summed E-state index contributed by atoms with van der Waals surface area (Å²) in [7, 11) is 0. The molecule has 1 aliphatic rings. The summed E-state index contributed by atoms with van der Waals surface area (Å²) in [6.45, 7) is 0. The summed E-state index contributed by atoms with van der Waals surface area (Å²) in [5, 5.41) is 12.3. The highest BCUT2D eigenvalue weighted by molar-refractivity contribution is 6.83. The Hall–Kier alpha value is -2.92. The Morgan fingerprint density at radius 3 is 1.96 bits per heavy atom. The Labute approximate surface area is 127 Å². The third-order valence-corrected chi connectivity index (χ3v) is 2.98. The van der Waals surface area contributed by atoms with Gasteiger partial charge in [0.25, 0.3) is 11.7 Å². The number of benzene rings is 1. The van der Waals surface area contributed by atoms with Crippen molar-refractivity contribution in [3.8, 4) is 0 Å². The molecule has 1 aliphatic heterocycles. The average molecular weight is 354 g/mol. The number of amides is 1. The van der Waals surface area contributed by atoms with Crippen molar-refractivity contribution in [1.82, 2.24) is 0 Å². The Balaban J connectivity index is 2.87. The maximum absolute atomic E-state index is 13.0. The van der Waals surface area contributed by atoms with Gasteiger partial charge in [0.1, 0.15) is 0 Å². The Kier molecular flexibility index (Phi) is 3.86. The third kappa shape index (κ3) is 2.81. The molecule has 0 fully saturated rings. The topological polar surface area (TPSA) is 95.8 Å². The van der Waals surface area contributed by atoms with Crippen LogP contribution in [0.4, 0.5) is 32.0 Å². The van der Waals surface area contributed by atoms with Gasteiger partial charge < -0.3 is 10.5 Å². The number of ketones is 2. The maximum atomic E-state index is 13.0. The van der Waals surface area contributed by atoms with E-state index >= 15 is 0 Å². The van der Waals surface area contributed by atoms with E-state index in [1.54, 1.807) is 0 Å². The number of hydrogen-bond donors (Lipinski definition) is 2. The van der Waals surface area contributed by atoms with Gasteiger partial charge in [-0.05, 0) is 12.1 Å². The largest absolute Gasteiger partial charge is 0.417 e. The first-order chi connectivity index (χ1) is 10.9. The van der Waals surface area contributed by atoms with Crippen molar-refractivity contribution >= 4 is 28.9 Å². The quantitative estimate of drug-likeness (QED) is 0.323. The molecule has 2 N–H and O–H groups in total. The first-order valence-electron chi connectivity index (χ1n) is 5.82. The number of rotatable bonds is 0. The molecule has 1 amide bonds. The van der Waals surface area contributed by atoms with Crippen LogP contribution in [0.5, 0.6) is 0 Å². The highest BCUT2D eigenvalue weighted by Gasteiger charge is 2.45. The first-order valence-corrected chi connectivity index (χ1v) is 5.82. The van der Waals surface area contributed by atoms with Gasteiger partial charge in [0, 0.05) is 0 Å². The van der Waals surface area contributed by atoms with Gasteiger partial charge in [-0.1, -0.05) is 5.16 Å². The molecule has 0 saturated carbocycles. The van der Waals surface area contributed by atoms with Crippen LogP contribution < -0.4 is 5.32 Å². The second-order valence-corrected chi connectivity index (χ2v) is 4.50. The van der Waals surface area contributed by atoms with E-state index in [-0.39, 0.29) is 12.1 Å². The summed E-state index contributed by atoms with van der Waals surface area (Å²) in [5.41, 5.74) is -7.92. The Morgan fingerprint density at radius 1 is 0.917 bits per heavy atom. The predicted molar refractivity (Wildman–Crippen MR) is 63.6 cm³/mol. The molecule has 12 heteroatoms. The van der Waals surface area contributed by atoms with Crippen molar-refractivity contribution in [2.75, 3.05) is 5.32 Å². The van der Waals surface area contributed by atoms with Crippen LogP contribution in [0.1, 0.15) is 21.5 Å². The number of carbonyl (C=O) groups is 3. The lowest BCUT2D eigenvalue weighted by molar-refractivity contribution is -0.143. The molecule has 2 rings (SSSR count). The van der Waals surface area contributed by atoms with E-state index in [9.17, 15) is 40.7 Å². The number of halogens is 6. The lowest BCUT2D eigenvalue weighted by Crippen LogP contribution is -2.31. The van der Waals surface area contributed by atoms with Crippen LogP contribution in [-0.4, -0.2) is 28.4 Å². The number of nitrogens with one attached hydrogen (secondary N) is 1. The summed E-state index contributed by atoms with van der Waals surface area (Å²) < 4.78 is 77.3. The van der Waals surface area contributed by atoms with E-state index in [1.165, 1.54) is 5.32 Å². The number of oxime groups is 1. The fourth-order valence-corrected chi connectivity index (χ4v) is 1.97. The third-order valence-electron chi connectivity index (χ3n) is 2.98. The molecular weight excluding hydrogens is 350 g/mol. The normalized spacial score (nSPS) is 17.6. The minimum atomic E-state index is -5.42. The Morgan fingerprint density at radius 2 is 1.50 bits per heavy atom. The monoisotopic (exact) mass is 354 g/mol. The van der Waals surface area contributed by atoms with E-state index in [4.69, 9.17) is 5.21 Å². The average Bonchev–Trinajstić information content (AvgIpc) is 2.52. The number of anilines is 1. The van der Waals surface area contributed by atoms with E-state index in [0.717, 1.165) is 0 Å². The van der Waals surface area contributed by atoms with E-state index in [0.29, 0.717) is 0 Å². The van der Waals surface area contributed by atoms with Crippen LogP contribution in [-0.2, 0) is 21.9 Å². The van der Waals surface area contributed by atoms with Crippen molar-refractivity contribution in [2.24, 2.45) is 5.16 Å². The molecule has 0 aromatic heterocycles. The zero-order valence-electron chi connectivity index (χ0n) is 11.0. The lowest BCUT2D eigenvalue weighted by Gasteiger charge is -2.17. The molecule has 24 heavy (non-hydrogen) atoms. The van der Waals surface area contributed by atoms with Crippen LogP contribution in [0.2, 0.25) is 0 Å². The maximum Gasteiger partial charge on any atom is 0.417 e. The van der Waals surface area contributed by atoms with Gasteiger partial charge in [0.2, 0.25) is 11.5 Å². The van der Waals surface area contributed by atoms with Crippen LogP contribution in [0.3, 0.4) is 0 Å². The number of nitrogens with zero attached hydrogens (tertiary/aromatic N) is 1. The summed E-state index contributed by atoms with van der Waals surface area (Å²) in [5.74, 6) is -5.45. The van der Waals surface area contributed by atoms with Gasteiger partial charge in [-0.2, -0.15) is 26.3 Å². The number of alkyl halides is 6. The summed E-state index contributed by atoms with van der Waals surface area (Å²) in [6.07, 6.45) is -10.6. The SMILES string of the molecule is O=C1Nc2cc(C(F)(F)F)cc(C(F)(F)F)c2C(=O)C(=O)/C1=N\O. The lowest BCUT2D eigenvalue weighted by atomic mass is 9.95. The smallest absolute Gasteiger partial charge is 0.410 e. The molecule has 128 valence electrons. The zero-order valence-corrected chi connectivity index (χ0v) is 11.0. The second kappa shape index (κ2) is 5.32.